The number of benzene rings is 1. The molecule has 1 aromatic rings. The summed E-state index contributed by atoms with van der Waals surface area (Å²) in [4.78, 5) is 0. The molecule has 0 unspecified atom stereocenters. The van der Waals surface area contributed by atoms with Crippen LogP contribution >= 0.6 is 0 Å². The van der Waals surface area contributed by atoms with Crippen LogP contribution < -0.4 is 10.6 Å². The van der Waals surface area contributed by atoms with Crippen molar-refractivity contribution in [3.8, 4) is 0 Å². The van der Waals surface area contributed by atoms with Crippen LogP contribution in [0.4, 0.5) is 5.69 Å². The Morgan fingerprint density at radius 3 is 3.08 bits per heavy atom. The lowest BCUT2D eigenvalue weighted by Crippen LogP contribution is -2.16. The average molecular weight is 162 g/mol. The molecule has 12 heavy (non-hydrogen) atoms. The van der Waals surface area contributed by atoms with Gasteiger partial charge >= 0.3 is 0 Å². The lowest BCUT2D eigenvalue weighted by Gasteiger charge is -2.07. The molecule has 0 spiro atoms. The Morgan fingerprint density at radius 2 is 2.17 bits per heavy atom. The van der Waals surface area contributed by atoms with Crippen molar-refractivity contribution in [3.63, 3.8) is 0 Å². The number of nitrogens with one attached hydrogen (secondary N) is 2. The monoisotopic (exact) mass is 162 g/mol. The van der Waals surface area contributed by atoms with Gasteiger partial charge < -0.3 is 10.6 Å². The van der Waals surface area contributed by atoms with Crippen molar-refractivity contribution in [2.75, 3.05) is 18.4 Å². The quantitative estimate of drug-likeness (QED) is 0.604. The molecule has 1 aliphatic rings. The van der Waals surface area contributed by atoms with Gasteiger partial charge in [-0.2, -0.15) is 0 Å². The van der Waals surface area contributed by atoms with Crippen molar-refractivity contribution in [3.05, 3.63) is 29.3 Å². The van der Waals surface area contributed by atoms with Crippen molar-refractivity contribution in [2.24, 2.45) is 0 Å². The molecule has 0 saturated carbocycles. The first kappa shape index (κ1) is 7.62. The molecule has 2 heteroatoms. The van der Waals surface area contributed by atoms with E-state index in [0.717, 1.165) is 19.6 Å². The fourth-order valence-corrected chi connectivity index (χ4v) is 1.52. The molecule has 0 aromatic heterocycles. The molecule has 1 aliphatic heterocycles. The summed E-state index contributed by atoms with van der Waals surface area (Å²) in [5.74, 6) is 0. The Hall–Kier alpha value is -1.02. The van der Waals surface area contributed by atoms with E-state index in [1.165, 1.54) is 16.8 Å². The van der Waals surface area contributed by atoms with Gasteiger partial charge in [0.05, 0.1) is 0 Å². The highest BCUT2D eigenvalue weighted by molar-refractivity contribution is 5.53. The molecule has 2 N–H and O–H groups in total. The van der Waals surface area contributed by atoms with Gasteiger partial charge in [0.1, 0.15) is 0 Å². The fraction of sp³-hybridized carbons (Fsp3) is 0.400. The molecule has 0 bridgehead atoms. The van der Waals surface area contributed by atoms with E-state index in [2.05, 4.69) is 35.8 Å². The maximum atomic E-state index is 3.40. The topological polar surface area (TPSA) is 24.1 Å². The molecular formula is C10H14N2. The van der Waals surface area contributed by atoms with Crippen LogP contribution in [0.2, 0.25) is 0 Å². The zero-order valence-electron chi connectivity index (χ0n) is 7.35. The number of rotatable bonds is 0. The molecule has 0 saturated heterocycles. The van der Waals surface area contributed by atoms with Gasteiger partial charge in [-0.1, -0.05) is 12.1 Å². The summed E-state index contributed by atoms with van der Waals surface area (Å²) >= 11 is 0. The van der Waals surface area contributed by atoms with Crippen LogP contribution in [-0.4, -0.2) is 13.1 Å². The van der Waals surface area contributed by atoms with E-state index in [-0.39, 0.29) is 0 Å². The first-order valence-electron chi connectivity index (χ1n) is 4.40. The second-order valence-electron chi connectivity index (χ2n) is 3.26. The summed E-state index contributed by atoms with van der Waals surface area (Å²) in [6.45, 7) is 5.19. The van der Waals surface area contributed by atoms with Gasteiger partial charge in [0.15, 0.2) is 0 Å². The average Bonchev–Trinajstić information content (AvgIpc) is 2.28. The molecule has 0 radical (unpaired) electrons. The Bertz CT molecular complexity index is 281. The zero-order valence-corrected chi connectivity index (χ0v) is 7.35. The lowest BCUT2D eigenvalue weighted by molar-refractivity contribution is 0.725. The van der Waals surface area contributed by atoms with Gasteiger partial charge in [-0.3, -0.25) is 0 Å². The fourth-order valence-electron chi connectivity index (χ4n) is 1.52. The summed E-state index contributed by atoms with van der Waals surface area (Å²) in [5.41, 5.74) is 3.99. The van der Waals surface area contributed by atoms with E-state index in [0.29, 0.717) is 0 Å². The number of hydrogen-bond acceptors (Lipinski definition) is 2. The van der Waals surface area contributed by atoms with Crippen LogP contribution in [0.15, 0.2) is 18.2 Å². The minimum atomic E-state index is 0.989. The van der Waals surface area contributed by atoms with Gasteiger partial charge in [0.2, 0.25) is 0 Å². The first-order chi connectivity index (χ1) is 5.86. The van der Waals surface area contributed by atoms with E-state index in [1.807, 2.05) is 0 Å². The maximum Gasteiger partial charge on any atom is 0.0388 e. The maximum absolute atomic E-state index is 3.40. The second-order valence-corrected chi connectivity index (χ2v) is 3.26. The highest BCUT2D eigenvalue weighted by atomic mass is 15.0. The van der Waals surface area contributed by atoms with Crippen LogP contribution in [-0.2, 0) is 6.54 Å². The highest BCUT2D eigenvalue weighted by Crippen LogP contribution is 2.18. The summed E-state index contributed by atoms with van der Waals surface area (Å²) < 4.78 is 0. The van der Waals surface area contributed by atoms with Gasteiger partial charge in [-0.05, 0) is 24.1 Å². The molecule has 64 valence electrons. The third-order valence-electron chi connectivity index (χ3n) is 2.20. The van der Waals surface area contributed by atoms with Crippen LogP contribution in [0.25, 0.3) is 0 Å². The van der Waals surface area contributed by atoms with Crippen LogP contribution in [0.1, 0.15) is 11.1 Å². The minimum absolute atomic E-state index is 0.989. The molecule has 1 heterocycles. The lowest BCUT2D eigenvalue weighted by atomic mass is 10.1. The standard InChI is InChI=1S/C10H14N2/c1-8-2-3-9-7-11-4-5-12-10(9)6-8/h2-3,6,11-12H,4-5,7H2,1H3. The predicted molar refractivity (Wildman–Crippen MR) is 51.4 cm³/mol. The molecule has 2 nitrogen and oxygen atoms in total. The normalized spacial score (nSPS) is 16.1. The Balaban J connectivity index is 2.36. The number of anilines is 1. The van der Waals surface area contributed by atoms with Crippen molar-refractivity contribution in [1.82, 2.24) is 5.32 Å². The van der Waals surface area contributed by atoms with Gasteiger partial charge in [0, 0.05) is 25.3 Å². The van der Waals surface area contributed by atoms with Crippen molar-refractivity contribution in [2.45, 2.75) is 13.5 Å². The van der Waals surface area contributed by atoms with E-state index in [9.17, 15) is 0 Å². The van der Waals surface area contributed by atoms with Gasteiger partial charge in [0.25, 0.3) is 0 Å². The van der Waals surface area contributed by atoms with Crippen molar-refractivity contribution < 1.29 is 0 Å². The molecule has 0 atom stereocenters. The molecule has 0 amide bonds. The first-order valence-corrected chi connectivity index (χ1v) is 4.40. The number of hydrogen-bond donors (Lipinski definition) is 2. The summed E-state index contributed by atoms with van der Waals surface area (Å²) in [5, 5.41) is 6.76. The van der Waals surface area contributed by atoms with Crippen molar-refractivity contribution in [1.29, 1.82) is 0 Å². The SMILES string of the molecule is Cc1ccc2c(c1)NCCNC2. The molecule has 2 rings (SSSR count). The van der Waals surface area contributed by atoms with E-state index in [1.54, 1.807) is 0 Å². The minimum Gasteiger partial charge on any atom is -0.383 e. The molecule has 1 aromatic carbocycles. The third kappa shape index (κ3) is 1.43. The summed E-state index contributed by atoms with van der Waals surface area (Å²) in [6.07, 6.45) is 0. The Kier molecular flexibility index (Phi) is 2.00. The second kappa shape index (κ2) is 3.15. The zero-order chi connectivity index (χ0) is 8.39. The van der Waals surface area contributed by atoms with Crippen LogP contribution in [0.3, 0.4) is 0 Å². The number of fused-ring (bicyclic) bond motifs is 1. The highest BCUT2D eigenvalue weighted by Gasteiger charge is 2.04. The van der Waals surface area contributed by atoms with E-state index in [4.69, 9.17) is 0 Å². The van der Waals surface area contributed by atoms with E-state index < -0.39 is 0 Å². The van der Waals surface area contributed by atoms with Gasteiger partial charge in [-0.25, -0.2) is 0 Å². The smallest absolute Gasteiger partial charge is 0.0388 e. The largest absolute Gasteiger partial charge is 0.383 e. The Morgan fingerprint density at radius 1 is 1.25 bits per heavy atom. The predicted octanol–water partition coefficient (Wildman–Crippen LogP) is 1.51. The van der Waals surface area contributed by atoms with Crippen molar-refractivity contribution >= 4 is 5.69 Å². The van der Waals surface area contributed by atoms with Crippen LogP contribution in [0, 0.1) is 6.92 Å². The van der Waals surface area contributed by atoms with Gasteiger partial charge in [-0.15, -0.1) is 0 Å². The molecule has 0 aliphatic carbocycles. The Labute approximate surface area is 73.0 Å². The van der Waals surface area contributed by atoms with E-state index >= 15 is 0 Å². The summed E-state index contributed by atoms with van der Waals surface area (Å²) in [7, 11) is 0. The number of aryl methyl sites for hydroxylation is 1. The third-order valence-corrected chi connectivity index (χ3v) is 2.20. The summed E-state index contributed by atoms with van der Waals surface area (Å²) in [6, 6.07) is 6.56. The molecular weight excluding hydrogens is 148 g/mol. The molecule has 0 fully saturated rings. The van der Waals surface area contributed by atoms with Crippen LogP contribution in [0.5, 0.6) is 0 Å².